The molecular weight excluding hydrogens is 284 g/mol. The van der Waals surface area contributed by atoms with E-state index in [1.165, 1.54) is 5.56 Å². The summed E-state index contributed by atoms with van der Waals surface area (Å²) in [6.45, 7) is 8.48. The summed E-state index contributed by atoms with van der Waals surface area (Å²) < 4.78 is 2.24. The summed E-state index contributed by atoms with van der Waals surface area (Å²) in [5, 5.41) is 0. The number of rotatable bonds is 4. The molecule has 120 valence electrons. The van der Waals surface area contributed by atoms with Crippen molar-refractivity contribution in [3.05, 3.63) is 47.9 Å². The second kappa shape index (κ2) is 6.03. The Morgan fingerprint density at radius 1 is 1.09 bits per heavy atom. The summed E-state index contributed by atoms with van der Waals surface area (Å²) in [5.41, 5.74) is 4.57. The largest absolute Gasteiger partial charge is 0.341 e. The zero-order chi connectivity index (χ0) is 16.6. The Bertz CT molecular complexity index is 815. The molecule has 4 nitrogen and oxygen atoms in total. The van der Waals surface area contributed by atoms with Gasteiger partial charge in [0.2, 0.25) is 0 Å². The van der Waals surface area contributed by atoms with Crippen molar-refractivity contribution >= 4 is 22.5 Å². The van der Waals surface area contributed by atoms with Crippen molar-refractivity contribution < 1.29 is 0 Å². The number of aryl methyl sites for hydroxylation is 2. The number of benzene rings is 1. The number of nitrogens with zero attached hydrogens (tertiary/aromatic N) is 4. The zero-order valence-electron chi connectivity index (χ0n) is 14.5. The van der Waals surface area contributed by atoms with Gasteiger partial charge in [-0.2, -0.15) is 0 Å². The van der Waals surface area contributed by atoms with Gasteiger partial charge >= 0.3 is 0 Å². The van der Waals surface area contributed by atoms with Crippen LogP contribution in [0.4, 0.5) is 11.5 Å². The molecule has 3 rings (SSSR count). The quantitative estimate of drug-likeness (QED) is 0.703. The summed E-state index contributed by atoms with van der Waals surface area (Å²) in [6, 6.07) is 11.1. The fourth-order valence-electron chi connectivity index (χ4n) is 2.90. The molecule has 0 saturated carbocycles. The summed E-state index contributed by atoms with van der Waals surface area (Å²) >= 11 is 0. The van der Waals surface area contributed by atoms with E-state index in [1.807, 2.05) is 6.92 Å². The standard InChI is InChI=1S/C19H24N4/c1-6-15-7-9-16(10-8-15)22(5)19-18-17(20-14(4)21-19)11-12-23(18)13(2)3/h7-13H,6H2,1-5H3. The van der Waals surface area contributed by atoms with E-state index >= 15 is 0 Å². The van der Waals surface area contributed by atoms with Gasteiger partial charge in [-0.05, 0) is 51.0 Å². The van der Waals surface area contributed by atoms with Crippen LogP contribution >= 0.6 is 0 Å². The van der Waals surface area contributed by atoms with E-state index in [2.05, 4.69) is 78.8 Å². The lowest BCUT2D eigenvalue weighted by Gasteiger charge is -2.22. The SMILES string of the molecule is CCc1ccc(N(C)c2nc(C)nc3ccn(C(C)C)c23)cc1. The van der Waals surface area contributed by atoms with Crippen LogP contribution < -0.4 is 4.90 Å². The maximum atomic E-state index is 4.73. The fraction of sp³-hybridized carbons (Fsp3) is 0.368. The third-order valence-electron chi connectivity index (χ3n) is 4.26. The molecule has 0 radical (unpaired) electrons. The van der Waals surface area contributed by atoms with Gasteiger partial charge in [0.25, 0.3) is 0 Å². The minimum Gasteiger partial charge on any atom is -0.341 e. The average molecular weight is 308 g/mol. The van der Waals surface area contributed by atoms with Crippen molar-refractivity contribution in [1.82, 2.24) is 14.5 Å². The van der Waals surface area contributed by atoms with Crippen LogP contribution in [-0.4, -0.2) is 21.6 Å². The highest BCUT2D eigenvalue weighted by Gasteiger charge is 2.16. The third kappa shape index (κ3) is 2.81. The predicted octanol–water partition coefficient (Wildman–Crippen LogP) is 4.65. The Morgan fingerprint density at radius 3 is 2.39 bits per heavy atom. The minimum absolute atomic E-state index is 0.369. The number of fused-ring (bicyclic) bond motifs is 1. The van der Waals surface area contributed by atoms with Gasteiger partial charge < -0.3 is 9.47 Å². The summed E-state index contributed by atoms with van der Waals surface area (Å²) in [7, 11) is 2.07. The molecule has 0 saturated heterocycles. The summed E-state index contributed by atoms with van der Waals surface area (Å²) in [4.78, 5) is 11.5. The van der Waals surface area contributed by atoms with Crippen LogP contribution in [0.3, 0.4) is 0 Å². The highest BCUT2D eigenvalue weighted by atomic mass is 15.2. The lowest BCUT2D eigenvalue weighted by atomic mass is 10.1. The van der Waals surface area contributed by atoms with Gasteiger partial charge in [0.05, 0.1) is 5.52 Å². The first-order valence-corrected chi connectivity index (χ1v) is 8.19. The van der Waals surface area contributed by atoms with Crippen molar-refractivity contribution in [2.24, 2.45) is 0 Å². The lowest BCUT2D eigenvalue weighted by molar-refractivity contribution is 0.622. The molecule has 0 aliphatic rings. The van der Waals surface area contributed by atoms with E-state index in [1.54, 1.807) is 0 Å². The van der Waals surface area contributed by atoms with Gasteiger partial charge in [0.1, 0.15) is 11.3 Å². The number of aromatic nitrogens is 3. The van der Waals surface area contributed by atoms with Crippen molar-refractivity contribution in [3.8, 4) is 0 Å². The first-order valence-electron chi connectivity index (χ1n) is 8.19. The molecule has 0 spiro atoms. The molecule has 2 aromatic heterocycles. The number of anilines is 2. The van der Waals surface area contributed by atoms with Crippen LogP contribution in [-0.2, 0) is 6.42 Å². The number of hydrogen-bond donors (Lipinski definition) is 0. The smallest absolute Gasteiger partial charge is 0.161 e. The second-order valence-electron chi connectivity index (χ2n) is 6.22. The van der Waals surface area contributed by atoms with E-state index in [4.69, 9.17) is 4.98 Å². The van der Waals surface area contributed by atoms with E-state index in [0.29, 0.717) is 6.04 Å². The maximum Gasteiger partial charge on any atom is 0.161 e. The summed E-state index contributed by atoms with van der Waals surface area (Å²) in [6.07, 6.45) is 3.15. The van der Waals surface area contributed by atoms with Crippen molar-refractivity contribution in [1.29, 1.82) is 0 Å². The molecule has 0 aliphatic carbocycles. The molecule has 1 aromatic carbocycles. The van der Waals surface area contributed by atoms with Gasteiger partial charge in [-0.25, -0.2) is 9.97 Å². The molecule has 3 aromatic rings. The molecule has 4 heteroatoms. The third-order valence-corrected chi connectivity index (χ3v) is 4.26. The molecule has 0 aliphatic heterocycles. The van der Waals surface area contributed by atoms with Crippen LogP contribution in [0.2, 0.25) is 0 Å². The highest BCUT2D eigenvalue weighted by Crippen LogP contribution is 2.31. The van der Waals surface area contributed by atoms with E-state index in [0.717, 1.165) is 34.8 Å². The van der Waals surface area contributed by atoms with Crippen molar-refractivity contribution in [3.63, 3.8) is 0 Å². The first-order chi connectivity index (χ1) is 11.0. The molecule has 0 atom stereocenters. The van der Waals surface area contributed by atoms with E-state index in [9.17, 15) is 0 Å². The normalized spacial score (nSPS) is 11.4. The Morgan fingerprint density at radius 2 is 1.78 bits per heavy atom. The molecule has 0 N–H and O–H groups in total. The molecule has 0 unspecified atom stereocenters. The van der Waals surface area contributed by atoms with E-state index < -0.39 is 0 Å². The van der Waals surface area contributed by atoms with Gasteiger partial charge in [-0.15, -0.1) is 0 Å². The topological polar surface area (TPSA) is 34.0 Å². The molecule has 0 bridgehead atoms. The lowest BCUT2D eigenvalue weighted by Crippen LogP contribution is -2.14. The van der Waals surface area contributed by atoms with Gasteiger partial charge in [-0.3, -0.25) is 0 Å². The van der Waals surface area contributed by atoms with Gasteiger partial charge in [0, 0.05) is 25.0 Å². The molecular formula is C19H24N4. The average Bonchev–Trinajstić information content (AvgIpc) is 2.97. The molecule has 2 heterocycles. The second-order valence-corrected chi connectivity index (χ2v) is 6.22. The highest BCUT2D eigenvalue weighted by molar-refractivity contribution is 5.89. The Hall–Kier alpha value is -2.36. The maximum absolute atomic E-state index is 4.73. The van der Waals surface area contributed by atoms with Gasteiger partial charge in [-0.1, -0.05) is 19.1 Å². The van der Waals surface area contributed by atoms with Crippen LogP contribution in [0.25, 0.3) is 11.0 Å². The van der Waals surface area contributed by atoms with Crippen molar-refractivity contribution in [2.45, 2.75) is 40.2 Å². The Labute approximate surface area is 137 Å². The van der Waals surface area contributed by atoms with Crippen LogP contribution in [0, 0.1) is 6.92 Å². The van der Waals surface area contributed by atoms with Crippen LogP contribution in [0.15, 0.2) is 36.5 Å². The molecule has 0 amide bonds. The minimum atomic E-state index is 0.369. The monoisotopic (exact) mass is 308 g/mol. The van der Waals surface area contributed by atoms with Crippen LogP contribution in [0.1, 0.15) is 38.2 Å². The first kappa shape index (κ1) is 15.5. The van der Waals surface area contributed by atoms with E-state index in [-0.39, 0.29) is 0 Å². The predicted molar refractivity (Wildman–Crippen MR) is 96.5 cm³/mol. The van der Waals surface area contributed by atoms with Crippen LogP contribution in [0.5, 0.6) is 0 Å². The fourth-order valence-corrected chi connectivity index (χ4v) is 2.90. The summed E-state index contributed by atoms with van der Waals surface area (Å²) in [5.74, 6) is 1.75. The van der Waals surface area contributed by atoms with Gasteiger partial charge in [0.15, 0.2) is 5.82 Å². The molecule has 0 fully saturated rings. The zero-order valence-corrected chi connectivity index (χ0v) is 14.5. The molecule has 23 heavy (non-hydrogen) atoms. The Balaban J connectivity index is 2.14. The Kier molecular flexibility index (Phi) is 4.07. The number of hydrogen-bond acceptors (Lipinski definition) is 3. The van der Waals surface area contributed by atoms with Crippen molar-refractivity contribution in [2.75, 3.05) is 11.9 Å².